The summed E-state index contributed by atoms with van der Waals surface area (Å²) < 4.78 is 32.6. The van der Waals surface area contributed by atoms with Crippen LogP contribution >= 0.6 is 11.6 Å². The van der Waals surface area contributed by atoms with Gasteiger partial charge in [-0.1, -0.05) is 41.9 Å². The number of rotatable bonds is 8. The highest BCUT2D eigenvalue weighted by molar-refractivity contribution is 7.92. The van der Waals surface area contributed by atoms with Crippen LogP contribution in [0.1, 0.15) is 26.3 Å². The minimum Gasteiger partial charge on any atom is -0.423 e. The molecule has 0 aliphatic heterocycles. The molecule has 4 aromatic carbocycles. The van der Waals surface area contributed by atoms with Crippen LogP contribution in [0.2, 0.25) is 5.02 Å². The molecule has 0 unspecified atom stereocenters. The zero-order chi connectivity index (χ0) is 26.3. The van der Waals surface area contributed by atoms with Crippen LogP contribution in [0.15, 0.2) is 113 Å². The number of anilines is 1. The second-order valence-electron chi connectivity index (χ2n) is 7.63. The maximum Gasteiger partial charge on any atom is 0.345 e. The first-order valence-corrected chi connectivity index (χ1v) is 12.8. The van der Waals surface area contributed by atoms with Crippen molar-refractivity contribution in [3.05, 3.63) is 125 Å². The number of sulfonamides is 1. The molecule has 0 saturated heterocycles. The van der Waals surface area contributed by atoms with Gasteiger partial charge in [0.05, 0.1) is 21.7 Å². The fourth-order valence-electron chi connectivity index (χ4n) is 3.14. The minimum atomic E-state index is -3.72. The second kappa shape index (κ2) is 11.5. The van der Waals surface area contributed by atoms with E-state index >= 15 is 0 Å². The molecule has 0 aliphatic rings. The summed E-state index contributed by atoms with van der Waals surface area (Å²) in [5, 5.41) is 4.23. The molecule has 37 heavy (non-hydrogen) atoms. The number of carbonyl (C=O) groups is 2. The monoisotopic (exact) mass is 533 g/mol. The number of ether oxygens (including phenoxy) is 1. The SMILES string of the molecule is O=C(N/N=C\c1ccc(OC(=O)c2ccccc2Cl)cc1)c1ccc(NS(=O)(=O)c2ccccc2)cc1. The average molecular weight is 534 g/mol. The molecule has 186 valence electrons. The van der Waals surface area contributed by atoms with Crippen molar-refractivity contribution < 1.29 is 22.7 Å². The van der Waals surface area contributed by atoms with Gasteiger partial charge in [-0.15, -0.1) is 0 Å². The molecule has 2 N–H and O–H groups in total. The van der Waals surface area contributed by atoms with Gasteiger partial charge in [-0.3, -0.25) is 9.52 Å². The summed E-state index contributed by atoms with van der Waals surface area (Å²) >= 11 is 6.01. The van der Waals surface area contributed by atoms with Gasteiger partial charge in [-0.25, -0.2) is 18.6 Å². The highest BCUT2D eigenvalue weighted by Crippen LogP contribution is 2.19. The zero-order valence-electron chi connectivity index (χ0n) is 19.2. The van der Waals surface area contributed by atoms with Crippen molar-refractivity contribution in [2.45, 2.75) is 4.90 Å². The summed E-state index contributed by atoms with van der Waals surface area (Å²) in [4.78, 5) is 24.7. The van der Waals surface area contributed by atoms with Crippen molar-refractivity contribution >= 4 is 45.4 Å². The van der Waals surface area contributed by atoms with E-state index < -0.39 is 21.9 Å². The van der Waals surface area contributed by atoms with Crippen molar-refractivity contribution in [3.8, 4) is 5.75 Å². The van der Waals surface area contributed by atoms with Crippen LogP contribution in [-0.4, -0.2) is 26.5 Å². The summed E-state index contributed by atoms with van der Waals surface area (Å²) in [5.74, 6) is -0.716. The van der Waals surface area contributed by atoms with Crippen molar-refractivity contribution in [2.24, 2.45) is 5.10 Å². The van der Waals surface area contributed by atoms with E-state index in [1.807, 2.05) is 0 Å². The van der Waals surface area contributed by atoms with Crippen LogP contribution in [-0.2, 0) is 10.0 Å². The van der Waals surface area contributed by atoms with Gasteiger partial charge in [-0.2, -0.15) is 5.10 Å². The molecule has 4 aromatic rings. The molecule has 1 amide bonds. The lowest BCUT2D eigenvalue weighted by molar-refractivity contribution is 0.0734. The van der Waals surface area contributed by atoms with Gasteiger partial charge in [0.25, 0.3) is 15.9 Å². The third kappa shape index (κ3) is 6.81. The molecule has 0 heterocycles. The number of hydrogen-bond donors (Lipinski definition) is 2. The number of nitrogens with one attached hydrogen (secondary N) is 2. The summed E-state index contributed by atoms with van der Waals surface area (Å²) in [7, 11) is -3.72. The maximum atomic E-state index is 12.4. The Bertz CT molecular complexity index is 1540. The quantitative estimate of drug-likeness (QED) is 0.141. The fraction of sp³-hybridized carbons (Fsp3) is 0. The Morgan fingerprint density at radius 3 is 2.14 bits per heavy atom. The van der Waals surface area contributed by atoms with Crippen LogP contribution in [0, 0.1) is 0 Å². The lowest BCUT2D eigenvalue weighted by atomic mass is 10.2. The van der Waals surface area contributed by atoms with Crippen LogP contribution < -0.4 is 14.9 Å². The van der Waals surface area contributed by atoms with E-state index in [1.165, 1.54) is 42.6 Å². The van der Waals surface area contributed by atoms with E-state index in [1.54, 1.807) is 66.7 Å². The van der Waals surface area contributed by atoms with Gasteiger partial charge in [0.2, 0.25) is 0 Å². The number of hydrazone groups is 1. The molecular formula is C27H20ClN3O5S. The molecule has 0 spiro atoms. The predicted molar refractivity (Wildman–Crippen MR) is 142 cm³/mol. The number of halogens is 1. The Hall–Kier alpha value is -4.47. The lowest BCUT2D eigenvalue weighted by Crippen LogP contribution is -2.18. The van der Waals surface area contributed by atoms with E-state index in [4.69, 9.17) is 16.3 Å². The topological polar surface area (TPSA) is 114 Å². The number of amides is 1. The normalized spacial score (nSPS) is 11.2. The van der Waals surface area contributed by atoms with Gasteiger partial charge in [-0.05, 0) is 78.4 Å². The molecule has 8 nitrogen and oxygen atoms in total. The van der Waals surface area contributed by atoms with Crippen LogP contribution in [0.5, 0.6) is 5.75 Å². The number of nitrogens with zero attached hydrogens (tertiary/aromatic N) is 1. The standard InChI is InChI=1S/C27H20ClN3O5S/c28-25-9-5-4-8-24(25)27(33)36-22-16-10-19(11-17-22)18-29-30-26(32)20-12-14-21(15-13-20)31-37(34,35)23-6-2-1-3-7-23/h1-18,31H,(H,30,32)/b29-18-. The largest absolute Gasteiger partial charge is 0.423 e. The fourth-order valence-corrected chi connectivity index (χ4v) is 4.44. The molecule has 0 aliphatic carbocycles. The number of benzene rings is 4. The van der Waals surface area contributed by atoms with Gasteiger partial charge in [0.1, 0.15) is 5.75 Å². The summed E-state index contributed by atoms with van der Waals surface area (Å²) in [6.07, 6.45) is 1.43. The lowest BCUT2D eigenvalue weighted by Gasteiger charge is -2.08. The van der Waals surface area contributed by atoms with E-state index in [-0.39, 0.29) is 10.5 Å². The molecular weight excluding hydrogens is 514 g/mol. The van der Waals surface area contributed by atoms with Crippen molar-refractivity contribution in [1.29, 1.82) is 0 Å². The molecule has 4 rings (SSSR count). The second-order valence-corrected chi connectivity index (χ2v) is 9.72. The molecule has 0 radical (unpaired) electrons. The Morgan fingerprint density at radius 1 is 0.811 bits per heavy atom. The minimum absolute atomic E-state index is 0.137. The van der Waals surface area contributed by atoms with E-state index in [0.29, 0.717) is 27.6 Å². The first-order chi connectivity index (χ1) is 17.8. The van der Waals surface area contributed by atoms with E-state index in [0.717, 1.165) is 0 Å². The molecule has 0 bridgehead atoms. The van der Waals surface area contributed by atoms with Crippen molar-refractivity contribution in [3.63, 3.8) is 0 Å². The summed E-state index contributed by atoms with van der Waals surface area (Å²) in [6.45, 7) is 0. The highest BCUT2D eigenvalue weighted by Gasteiger charge is 2.14. The zero-order valence-corrected chi connectivity index (χ0v) is 20.7. The maximum absolute atomic E-state index is 12.4. The van der Waals surface area contributed by atoms with E-state index in [9.17, 15) is 18.0 Å². The van der Waals surface area contributed by atoms with E-state index in [2.05, 4.69) is 15.2 Å². The molecule has 0 saturated carbocycles. The average Bonchev–Trinajstić information content (AvgIpc) is 2.90. The van der Waals surface area contributed by atoms with Crippen LogP contribution in [0.4, 0.5) is 5.69 Å². The highest BCUT2D eigenvalue weighted by atomic mass is 35.5. The smallest absolute Gasteiger partial charge is 0.345 e. The first-order valence-electron chi connectivity index (χ1n) is 10.9. The summed E-state index contributed by atoms with van der Waals surface area (Å²) in [5.41, 5.74) is 3.94. The Labute approximate surface area is 218 Å². The van der Waals surface area contributed by atoms with Gasteiger partial charge < -0.3 is 4.74 Å². The Balaban J connectivity index is 1.31. The van der Waals surface area contributed by atoms with Crippen LogP contribution in [0.3, 0.4) is 0 Å². The summed E-state index contributed by atoms with van der Waals surface area (Å²) in [6, 6.07) is 27.0. The van der Waals surface area contributed by atoms with Gasteiger partial charge in [0, 0.05) is 11.3 Å². The number of carbonyl (C=O) groups excluding carboxylic acids is 2. The Kier molecular flexibility index (Phi) is 7.97. The molecule has 0 fully saturated rings. The molecule has 0 atom stereocenters. The van der Waals surface area contributed by atoms with Gasteiger partial charge >= 0.3 is 5.97 Å². The molecule has 0 aromatic heterocycles. The predicted octanol–water partition coefficient (Wildman–Crippen LogP) is 5.12. The third-order valence-corrected chi connectivity index (χ3v) is 6.74. The molecule has 10 heteroatoms. The van der Waals surface area contributed by atoms with Crippen LogP contribution in [0.25, 0.3) is 0 Å². The number of hydrogen-bond acceptors (Lipinski definition) is 6. The third-order valence-electron chi connectivity index (χ3n) is 5.02. The first kappa shape index (κ1) is 25.6. The van der Waals surface area contributed by atoms with Crippen molar-refractivity contribution in [1.82, 2.24) is 5.43 Å². The van der Waals surface area contributed by atoms with Crippen molar-refractivity contribution in [2.75, 3.05) is 4.72 Å². The Morgan fingerprint density at radius 2 is 1.46 bits per heavy atom. The van der Waals surface area contributed by atoms with Gasteiger partial charge in [0.15, 0.2) is 0 Å². The number of esters is 1.